The maximum absolute atomic E-state index is 5.32. The molecule has 0 radical (unpaired) electrons. The number of thiophene rings is 1. The standard InChI is InChI=1S/C48H27N3S/c1-2-11-30(12-3-1)45-49-46(31-25-26-33-32-15-5-7-22-40(32)52-41(33)27-31)51-47(50-45)35-17-10-21-39-44(35)34-16-4-6-18-36(34)48(39)37-19-8-13-28-23-24-29-14-9-20-38(48)43(29)42(28)37/h1-27H. The van der Waals surface area contributed by atoms with Crippen LogP contribution >= 0.6 is 11.3 Å². The van der Waals surface area contributed by atoms with E-state index in [1.54, 1.807) is 0 Å². The molecular formula is C48H27N3S. The van der Waals surface area contributed by atoms with Crippen molar-refractivity contribution in [2.24, 2.45) is 0 Å². The quantitative estimate of drug-likeness (QED) is 0.175. The molecule has 2 aromatic heterocycles. The number of rotatable bonds is 3. The molecule has 0 unspecified atom stereocenters. The summed E-state index contributed by atoms with van der Waals surface area (Å²) in [4.78, 5) is 15.7. The molecule has 12 rings (SSSR count). The Bertz CT molecular complexity index is 3080. The van der Waals surface area contributed by atoms with E-state index in [2.05, 4.69) is 146 Å². The van der Waals surface area contributed by atoms with Crippen LogP contribution in [0.3, 0.4) is 0 Å². The summed E-state index contributed by atoms with van der Waals surface area (Å²) in [5.41, 5.74) is 10.2. The average molecular weight is 678 g/mol. The van der Waals surface area contributed by atoms with Crippen LogP contribution in [0.15, 0.2) is 164 Å². The summed E-state index contributed by atoms with van der Waals surface area (Å²) < 4.78 is 2.51. The predicted octanol–water partition coefficient (Wildman–Crippen LogP) is 12.2. The molecule has 3 nitrogen and oxygen atoms in total. The monoisotopic (exact) mass is 677 g/mol. The molecule has 0 saturated carbocycles. The zero-order chi connectivity index (χ0) is 34.0. The predicted molar refractivity (Wildman–Crippen MR) is 215 cm³/mol. The zero-order valence-electron chi connectivity index (χ0n) is 27.8. The number of aromatic nitrogens is 3. The number of hydrogen-bond donors (Lipinski definition) is 0. The van der Waals surface area contributed by atoms with Crippen molar-refractivity contribution in [3.63, 3.8) is 0 Å². The molecule has 52 heavy (non-hydrogen) atoms. The van der Waals surface area contributed by atoms with E-state index in [9.17, 15) is 0 Å². The molecule has 0 N–H and O–H groups in total. The first-order valence-corrected chi connectivity index (χ1v) is 18.5. The normalized spacial score (nSPS) is 13.5. The van der Waals surface area contributed by atoms with Crippen molar-refractivity contribution >= 4 is 53.1 Å². The van der Waals surface area contributed by atoms with Gasteiger partial charge < -0.3 is 0 Å². The Hall–Kier alpha value is -6.49. The molecule has 240 valence electrons. The highest BCUT2D eigenvalue weighted by Gasteiger charge is 2.51. The Kier molecular flexibility index (Phi) is 5.58. The summed E-state index contributed by atoms with van der Waals surface area (Å²) in [7, 11) is 0. The van der Waals surface area contributed by atoms with Crippen LogP contribution in [0.5, 0.6) is 0 Å². The lowest BCUT2D eigenvalue weighted by atomic mass is 9.70. The lowest BCUT2D eigenvalue weighted by molar-refractivity contribution is 0.797. The van der Waals surface area contributed by atoms with Gasteiger partial charge in [-0.3, -0.25) is 0 Å². The van der Waals surface area contributed by atoms with Gasteiger partial charge in [0, 0.05) is 36.9 Å². The molecule has 8 aromatic carbocycles. The highest BCUT2D eigenvalue weighted by molar-refractivity contribution is 7.25. The number of benzene rings is 8. The smallest absolute Gasteiger partial charge is 0.164 e. The Morgan fingerprint density at radius 3 is 1.79 bits per heavy atom. The van der Waals surface area contributed by atoms with Crippen molar-refractivity contribution < 1.29 is 0 Å². The van der Waals surface area contributed by atoms with Crippen LogP contribution in [-0.4, -0.2) is 15.0 Å². The molecule has 0 saturated heterocycles. The molecule has 2 aliphatic carbocycles. The first kappa shape index (κ1) is 28.2. The number of nitrogens with zero attached hydrogens (tertiary/aromatic N) is 3. The van der Waals surface area contributed by atoms with Crippen LogP contribution in [0, 0.1) is 0 Å². The van der Waals surface area contributed by atoms with Crippen molar-refractivity contribution in [2.45, 2.75) is 5.41 Å². The summed E-state index contributed by atoms with van der Waals surface area (Å²) in [6.45, 7) is 0. The van der Waals surface area contributed by atoms with Gasteiger partial charge in [-0.2, -0.15) is 0 Å². The third-order valence-electron chi connectivity index (χ3n) is 11.3. The van der Waals surface area contributed by atoms with Gasteiger partial charge in [0.1, 0.15) is 0 Å². The lowest BCUT2D eigenvalue weighted by Crippen LogP contribution is -2.26. The van der Waals surface area contributed by atoms with Crippen molar-refractivity contribution in [3.05, 3.63) is 186 Å². The van der Waals surface area contributed by atoms with Gasteiger partial charge in [-0.25, -0.2) is 15.0 Å². The number of fused-ring (bicyclic) bond motifs is 10. The van der Waals surface area contributed by atoms with Gasteiger partial charge >= 0.3 is 0 Å². The van der Waals surface area contributed by atoms with Crippen molar-refractivity contribution in [1.82, 2.24) is 15.0 Å². The Morgan fingerprint density at radius 1 is 0.385 bits per heavy atom. The third-order valence-corrected chi connectivity index (χ3v) is 12.4. The first-order chi connectivity index (χ1) is 25.8. The SMILES string of the molecule is c1ccc(-c2nc(-c3ccc4c(c3)sc3ccccc34)nc(-c3cccc4c3-c3ccccc3C43c4cccc5ccc6cccc3c6c45)n2)cc1. The van der Waals surface area contributed by atoms with Gasteiger partial charge in [-0.15, -0.1) is 11.3 Å². The van der Waals surface area contributed by atoms with E-state index < -0.39 is 5.41 Å². The van der Waals surface area contributed by atoms with Gasteiger partial charge in [-0.05, 0) is 67.1 Å². The molecule has 0 fully saturated rings. The highest BCUT2D eigenvalue weighted by Crippen LogP contribution is 2.63. The summed E-state index contributed by atoms with van der Waals surface area (Å²) in [5.74, 6) is 2.01. The van der Waals surface area contributed by atoms with E-state index in [4.69, 9.17) is 15.0 Å². The minimum absolute atomic E-state index is 0.449. The van der Waals surface area contributed by atoms with Crippen LogP contribution in [-0.2, 0) is 5.41 Å². The maximum atomic E-state index is 5.32. The van der Waals surface area contributed by atoms with Crippen molar-refractivity contribution in [2.75, 3.05) is 0 Å². The average Bonchev–Trinajstić information content (AvgIpc) is 3.85. The molecule has 1 spiro atoms. The van der Waals surface area contributed by atoms with E-state index >= 15 is 0 Å². The second kappa shape index (κ2) is 10.3. The van der Waals surface area contributed by atoms with Crippen LogP contribution < -0.4 is 0 Å². The van der Waals surface area contributed by atoms with Crippen LogP contribution in [0.1, 0.15) is 22.3 Å². The fourth-order valence-electron chi connectivity index (χ4n) is 9.23. The van der Waals surface area contributed by atoms with E-state index in [1.165, 1.54) is 75.1 Å². The first-order valence-electron chi connectivity index (χ1n) is 17.7. The largest absolute Gasteiger partial charge is 0.208 e. The fourth-order valence-corrected chi connectivity index (χ4v) is 10.4. The Labute approximate surface area is 303 Å². The fraction of sp³-hybridized carbons (Fsp3) is 0.0208. The maximum Gasteiger partial charge on any atom is 0.164 e. The third kappa shape index (κ3) is 3.61. The highest BCUT2D eigenvalue weighted by atomic mass is 32.1. The van der Waals surface area contributed by atoms with Gasteiger partial charge in [-0.1, -0.05) is 152 Å². The summed E-state index contributed by atoms with van der Waals surface area (Å²) in [6, 6.07) is 59.4. The molecule has 2 aliphatic rings. The van der Waals surface area contributed by atoms with E-state index in [0.717, 1.165) is 16.7 Å². The molecule has 10 aromatic rings. The topological polar surface area (TPSA) is 38.7 Å². The van der Waals surface area contributed by atoms with Crippen molar-refractivity contribution in [3.8, 4) is 45.3 Å². The van der Waals surface area contributed by atoms with Gasteiger partial charge in [0.05, 0.1) is 5.41 Å². The molecule has 0 aliphatic heterocycles. The Balaban J connectivity index is 1.14. The minimum atomic E-state index is -0.449. The second-order valence-corrected chi connectivity index (χ2v) is 15.0. The van der Waals surface area contributed by atoms with Crippen LogP contribution in [0.2, 0.25) is 0 Å². The van der Waals surface area contributed by atoms with Crippen LogP contribution in [0.4, 0.5) is 0 Å². The summed E-state index contributed by atoms with van der Waals surface area (Å²) >= 11 is 1.81. The zero-order valence-corrected chi connectivity index (χ0v) is 28.7. The minimum Gasteiger partial charge on any atom is -0.208 e. The molecule has 0 bridgehead atoms. The molecule has 2 heterocycles. The molecule has 4 heteroatoms. The van der Waals surface area contributed by atoms with Crippen molar-refractivity contribution in [1.29, 1.82) is 0 Å². The lowest BCUT2D eigenvalue weighted by Gasteiger charge is -2.31. The second-order valence-electron chi connectivity index (χ2n) is 13.9. The van der Waals surface area contributed by atoms with Gasteiger partial charge in [0.25, 0.3) is 0 Å². The van der Waals surface area contributed by atoms with E-state index in [0.29, 0.717) is 17.5 Å². The van der Waals surface area contributed by atoms with Gasteiger partial charge in [0.2, 0.25) is 0 Å². The molecule has 0 amide bonds. The summed E-state index contributed by atoms with van der Waals surface area (Å²) in [6.07, 6.45) is 0. The molecule has 0 atom stereocenters. The number of hydrogen-bond acceptors (Lipinski definition) is 4. The van der Waals surface area contributed by atoms with E-state index in [1.807, 2.05) is 29.5 Å². The Morgan fingerprint density at radius 2 is 0.981 bits per heavy atom. The van der Waals surface area contributed by atoms with Crippen LogP contribution in [0.25, 0.3) is 87.0 Å². The molecular weight excluding hydrogens is 651 g/mol. The van der Waals surface area contributed by atoms with Gasteiger partial charge in [0.15, 0.2) is 17.5 Å². The summed E-state index contributed by atoms with van der Waals surface area (Å²) in [5, 5.41) is 7.81. The van der Waals surface area contributed by atoms with E-state index in [-0.39, 0.29) is 0 Å².